The number of amides is 1. The van der Waals surface area contributed by atoms with E-state index in [9.17, 15) is 9.90 Å². The largest absolute Gasteiger partial charge is 0.507 e. The van der Waals surface area contributed by atoms with E-state index in [1.807, 2.05) is 12.1 Å². The van der Waals surface area contributed by atoms with Crippen molar-refractivity contribution in [2.75, 3.05) is 0 Å². The van der Waals surface area contributed by atoms with Gasteiger partial charge in [-0.2, -0.15) is 0 Å². The Labute approximate surface area is 132 Å². The summed E-state index contributed by atoms with van der Waals surface area (Å²) >= 11 is 3.27. The summed E-state index contributed by atoms with van der Waals surface area (Å²) in [6.07, 6.45) is 3.06. The highest BCUT2D eigenvalue weighted by molar-refractivity contribution is 9.10. The first-order valence-corrected chi connectivity index (χ1v) is 7.81. The van der Waals surface area contributed by atoms with Gasteiger partial charge in [-0.05, 0) is 48.6 Å². The average Bonchev–Trinajstić information content (AvgIpc) is 2.47. The number of rotatable bonds is 2. The van der Waals surface area contributed by atoms with Gasteiger partial charge in [-0.3, -0.25) is 4.79 Å². The van der Waals surface area contributed by atoms with Crippen LogP contribution in [0.4, 0.5) is 0 Å². The summed E-state index contributed by atoms with van der Waals surface area (Å²) in [6, 6.07) is 13.2. The first-order chi connectivity index (χ1) is 10.1. The number of halogens is 1. The molecule has 108 valence electrons. The van der Waals surface area contributed by atoms with Crippen molar-refractivity contribution in [2.24, 2.45) is 0 Å². The van der Waals surface area contributed by atoms with E-state index < -0.39 is 0 Å². The highest BCUT2D eigenvalue weighted by atomic mass is 79.9. The Morgan fingerprint density at radius 2 is 2.05 bits per heavy atom. The van der Waals surface area contributed by atoms with Crippen molar-refractivity contribution in [3.05, 3.63) is 63.6 Å². The molecule has 2 N–H and O–H groups in total. The molecule has 0 radical (unpaired) electrons. The fraction of sp³-hybridized carbons (Fsp3) is 0.235. The third kappa shape index (κ3) is 2.95. The van der Waals surface area contributed by atoms with Gasteiger partial charge in [0, 0.05) is 4.47 Å². The Hall–Kier alpha value is -1.81. The quantitative estimate of drug-likeness (QED) is 0.865. The predicted molar refractivity (Wildman–Crippen MR) is 85.4 cm³/mol. The van der Waals surface area contributed by atoms with Crippen molar-refractivity contribution in [1.29, 1.82) is 0 Å². The van der Waals surface area contributed by atoms with Crippen LogP contribution in [0.5, 0.6) is 5.75 Å². The summed E-state index contributed by atoms with van der Waals surface area (Å²) in [7, 11) is 0. The summed E-state index contributed by atoms with van der Waals surface area (Å²) < 4.78 is 0.750. The van der Waals surface area contributed by atoms with E-state index in [-0.39, 0.29) is 17.7 Å². The summed E-state index contributed by atoms with van der Waals surface area (Å²) in [6.45, 7) is 0. The lowest BCUT2D eigenvalue weighted by Gasteiger charge is -2.26. The number of hydrogen-bond donors (Lipinski definition) is 2. The molecule has 0 spiro atoms. The van der Waals surface area contributed by atoms with E-state index in [4.69, 9.17) is 0 Å². The van der Waals surface area contributed by atoms with E-state index in [1.54, 1.807) is 12.1 Å². The third-order valence-corrected chi connectivity index (χ3v) is 4.37. The highest BCUT2D eigenvalue weighted by Crippen LogP contribution is 2.30. The van der Waals surface area contributed by atoms with Crippen LogP contribution >= 0.6 is 15.9 Å². The molecule has 1 amide bonds. The maximum atomic E-state index is 12.4. The molecule has 3 nitrogen and oxygen atoms in total. The van der Waals surface area contributed by atoms with Gasteiger partial charge >= 0.3 is 0 Å². The number of hydrogen-bond acceptors (Lipinski definition) is 2. The Bertz CT molecular complexity index is 684. The summed E-state index contributed by atoms with van der Waals surface area (Å²) in [4.78, 5) is 12.4. The third-order valence-electron chi connectivity index (χ3n) is 3.88. The zero-order chi connectivity index (χ0) is 14.8. The molecule has 0 heterocycles. The minimum absolute atomic E-state index is 0.00836. The number of aromatic hydroxyl groups is 1. The van der Waals surface area contributed by atoms with Gasteiger partial charge in [-0.15, -0.1) is 0 Å². The molecule has 2 aromatic carbocycles. The summed E-state index contributed by atoms with van der Waals surface area (Å²) in [5.74, 6) is -0.243. The van der Waals surface area contributed by atoms with Crippen molar-refractivity contribution in [2.45, 2.75) is 25.3 Å². The Morgan fingerprint density at radius 3 is 2.86 bits per heavy atom. The van der Waals surface area contributed by atoms with Gasteiger partial charge in [0.05, 0.1) is 11.6 Å². The zero-order valence-electron chi connectivity index (χ0n) is 11.5. The molecule has 0 aromatic heterocycles. The molecule has 1 aliphatic carbocycles. The first kappa shape index (κ1) is 14.1. The fourth-order valence-electron chi connectivity index (χ4n) is 2.84. The lowest BCUT2D eigenvalue weighted by Crippen LogP contribution is -2.31. The monoisotopic (exact) mass is 345 g/mol. The zero-order valence-corrected chi connectivity index (χ0v) is 13.1. The van der Waals surface area contributed by atoms with E-state index in [0.717, 1.165) is 23.7 Å². The molecule has 1 unspecified atom stereocenters. The van der Waals surface area contributed by atoms with E-state index >= 15 is 0 Å². The van der Waals surface area contributed by atoms with Crippen LogP contribution in [-0.4, -0.2) is 11.0 Å². The van der Waals surface area contributed by atoms with Crippen LogP contribution in [0, 0.1) is 0 Å². The van der Waals surface area contributed by atoms with Crippen LogP contribution in [0.1, 0.15) is 40.4 Å². The molecular weight excluding hydrogens is 330 g/mol. The van der Waals surface area contributed by atoms with Crippen LogP contribution in [0.3, 0.4) is 0 Å². The molecule has 2 aromatic rings. The van der Waals surface area contributed by atoms with Crippen LogP contribution in [-0.2, 0) is 6.42 Å². The number of phenols is 1. The fourth-order valence-corrected chi connectivity index (χ4v) is 3.19. The summed E-state index contributed by atoms with van der Waals surface area (Å²) in [5, 5.41) is 12.9. The smallest absolute Gasteiger partial charge is 0.255 e. The Balaban J connectivity index is 1.83. The lowest BCUT2D eigenvalue weighted by atomic mass is 9.87. The number of carbonyl (C=O) groups is 1. The average molecular weight is 346 g/mol. The van der Waals surface area contributed by atoms with Gasteiger partial charge < -0.3 is 10.4 Å². The SMILES string of the molecule is O=C(NC1CCCc2ccccc21)c1ccc(Br)cc1O. The van der Waals surface area contributed by atoms with Crippen LogP contribution in [0.15, 0.2) is 46.9 Å². The van der Waals surface area contributed by atoms with E-state index in [0.29, 0.717) is 5.56 Å². The van der Waals surface area contributed by atoms with E-state index in [1.165, 1.54) is 17.2 Å². The number of benzene rings is 2. The van der Waals surface area contributed by atoms with Crippen molar-refractivity contribution in [3.8, 4) is 5.75 Å². The minimum Gasteiger partial charge on any atom is -0.507 e. The molecule has 4 heteroatoms. The molecule has 0 saturated carbocycles. The second-order valence-corrected chi connectivity index (χ2v) is 6.19. The van der Waals surface area contributed by atoms with Crippen LogP contribution in [0.25, 0.3) is 0 Å². The second-order valence-electron chi connectivity index (χ2n) is 5.28. The Morgan fingerprint density at radius 1 is 1.24 bits per heavy atom. The van der Waals surface area contributed by atoms with Gasteiger partial charge in [0.25, 0.3) is 5.91 Å². The summed E-state index contributed by atoms with van der Waals surface area (Å²) in [5.41, 5.74) is 2.80. The lowest BCUT2D eigenvalue weighted by molar-refractivity contribution is 0.0930. The maximum absolute atomic E-state index is 12.4. The number of carbonyl (C=O) groups excluding carboxylic acids is 1. The molecule has 0 aliphatic heterocycles. The van der Waals surface area contributed by atoms with Gasteiger partial charge in [-0.25, -0.2) is 0 Å². The molecule has 21 heavy (non-hydrogen) atoms. The highest BCUT2D eigenvalue weighted by Gasteiger charge is 2.22. The second kappa shape index (κ2) is 5.90. The number of phenolic OH excluding ortho intramolecular Hbond substituents is 1. The van der Waals surface area contributed by atoms with Gasteiger partial charge in [0.15, 0.2) is 0 Å². The van der Waals surface area contributed by atoms with Gasteiger partial charge in [-0.1, -0.05) is 40.2 Å². The van der Waals surface area contributed by atoms with Crippen molar-refractivity contribution >= 4 is 21.8 Å². The van der Waals surface area contributed by atoms with Crippen molar-refractivity contribution in [1.82, 2.24) is 5.32 Å². The topological polar surface area (TPSA) is 49.3 Å². The Kier molecular flexibility index (Phi) is 3.97. The molecule has 0 saturated heterocycles. The molecule has 3 rings (SSSR count). The standard InChI is InChI=1S/C17H16BrNO2/c18-12-8-9-14(16(20)10-12)17(21)19-15-7-3-5-11-4-1-2-6-13(11)15/h1-2,4,6,8-10,15,20H,3,5,7H2,(H,19,21). The molecule has 0 bridgehead atoms. The minimum atomic E-state index is -0.235. The normalized spacial score (nSPS) is 17.1. The van der Waals surface area contributed by atoms with Crippen LogP contribution in [0.2, 0.25) is 0 Å². The molecular formula is C17H16BrNO2. The van der Waals surface area contributed by atoms with E-state index in [2.05, 4.69) is 33.4 Å². The van der Waals surface area contributed by atoms with Crippen LogP contribution < -0.4 is 5.32 Å². The number of nitrogens with one attached hydrogen (secondary N) is 1. The van der Waals surface area contributed by atoms with Crippen molar-refractivity contribution in [3.63, 3.8) is 0 Å². The maximum Gasteiger partial charge on any atom is 0.255 e. The van der Waals surface area contributed by atoms with Crippen molar-refractivity contribution < 1.29 is 9.90 Å². The molecule has 0 fully saturated rings. The predicted octanol–water partition coefficient (Wildman–Crippen LogP) is 3.96. The van der Waals surface area contributed by atoms with Gasteiger partial charge in [0.2, 0.25) is 0 Å². The number of aryl methyl sites for hydroxylation is 1. The molecule has 1 aliphatic rings. The first-order valence-electron chi connectivity index (χ1n) is 7.02. The molecule has 1 atom stereocenters. The van der Waals surface area contributed by atoms with Gasteiger partial charge in [0.1, 0.15) is 5.75 Å². The number of fused-ring (bicyclic) bond motifs is 1.